The van der Waals surface area contributed by atoms with E-state index in [-0.39, 0.29) is 10.3 Å². The van der Waals surface area contributed by atoms with Crippen LogP contribution in [0.4, 0.5) is 18.9 Å². The summed E-state index contributed by atoms with van der Waals surface area (Å²) in [6, 6.07) is 2.29. The van der Waals surface area contributed by atoms with Crippen LogP contribution >= 0.6 is 11.6 Å². The standard InChI is InChI=1S/C18H25ClF3N3/c1-6-7-23-15(16(4)10-17(16,5)19)25-24-14-11(2)8-13(9-12(14)3)18(20,21)22/h8-9,24H,6-7,10H2,1-5H3,(H,23,25). The highest BCUT2D eigenvalue weighted by Crippen LogP contribution is 2.61. The van der Waals surface area contributed by atoms with Crippen LogP contribution in [0.2, 0.25) is 0 Å². The Bertz CT molecular complexity index is 660. The minimum absolute atomic E-state index is 0.273. The normalized spacial score (nSPS) is 26.5. The van der Waals surface area contributed by atoms with Gasteiger partial charge < -0.3 is 0 Å². The molecule has 25 heavy (non-hydrogen) atoms. The van der Waals surface area contributed by atoms with Crippen LogP contribution in [0.1, 0.15) is 50.3 Å². The van der Waals surface area contributed by atoms with Crippen LogP contribution in [0.5, 0.6) is 0 Å². The molecule has 2 N–H and O–H groups in total. The van der Waals surface area contributed by atoms with Crippen molar-refractivity contribution in [2.45, 2.75) is 58.5 Å². The van der Waals surface area contributed by atoms with Gasteiger partial charge in [0, 0.05) is 12.0 Å². The van der Waals surface area contributed by atoms with Crippen molar-refractivity contribution < 1.29 is 13.2 Å². The van der Waals surface area contributed by atoms with Gasteiger partial charge in [-0.1, -0.05) is 13.8 Å². The lowest BCUT2D eigenvalue weighted by molar-refractivity contribution is -0.137. The fourth-order valence-electron chi connectivity index (χ4n) is 2.97. The minimum atomic E-state index is -4.35. The number of benzene rings is 1. The summed E-state index contributed by atoms with van der Waals surface area (Å²) in [6.45, 7) is 10.0. The van der Waals surface area contributed by atoms with Crippen LogP contribution in [-0.2, 0) is 6.18 Å². The van der Waals surface area contributed by atoms with E-state index in [4.69, 9.17) is 11.6 Å². The first kappa shape index (κ1) is 19.9. The van der Waals surface area contributed by atoms with Gasteiger partial charge in [-0.3, -0.25) is 15.8 Å². The van der Waals surface area contributed by atoms with Gasteiger partial charge in [-0.15, -0.1) is 11.6 Å². The number of alkyl halides is 4. The topological polar surface area (TPSA) is 36.4 Å². The van der Waals surface area contributed by atoms with E-state index in [0.29, 0.717) is 23.4 Å². The first-order chi connectivity index (χ1) is 11.4. The molecule has 0 bridgehead atoms. The second kappa shape index (κ2) is 6.71. The molecule has 1 aliphatic carbocycles. The molecule has 2 atom stereocenters. The van der Waals surface area contributed by atoms with Crippen molar-refractivity contribution >= 4 is 23.1 Å². The van der Waals surface area contributed by atoms with E-state index in [9.17, 15) is 13.2 Å². The zero-order valence-corrected chi connectivity index (χ0v) is 16.0. The Kier molecular flexibility index (Phi) is 5.34. The number of aryl methyl sites for hydroxylation is 2. The molecule has 0 aliphatic heterocycles. The number of hydrazine groups is 1. The van der Waals surface area contributed by atoms with Crippen molar-refractivity contribution in [1.82, 2.24) is 5.43 Å². The first-order valence-electron chi connectivity index (χ1n) is 8.36. The maximum atomic E-state index is 12.9. The summed E-state index contributed by atoms with van der Waals surface area (Å²) in [4.78, 5) is 4.22. The second-order valence-corrected chi connectivity index (χ2v) is 8.00. The van der Waals surface area contributed by atoms with Gasteiger partial charge >= 0.3 is 6.18 Å². The first-order valence-corrected chi connectivity index (χ1v) is 8.74. The van der Waals surface area contributed by atoms with E-state index >= 15 is 0 Å². The summed E-state index contributed by atoms with van der Waals surface area (Å²) in [5, 5.41) is 0. The fourth-order valence-corrected chi connectivity index (χ4v) is 3.33. The van der Waals surface area contributed by atoms with Gasteiger partial charge in [-0.05, 0) is 56.9 Å². The number of anilines is 1. The van der Waals surface area contributed by atoms with E-state index in [2.05, 4.69) is 15.8 Å². The van der Waals surface area contributed by atoms with Crippen LogP contribution in [-0.4, -0.2) is 17.3 Å². The second-order valence-electron chi connectivity index (χ2n) is 7.17. The molecule has 7 heteroatoms. The highest BCUT2D eigenvalue weighted by molar-refractivity contribution is 6.29. The van der Waals surface area contributed by atoms with Gasteiger partial charge in [0.2, 0.25) is 0 Å². The number of hydrogen-bond donors (Lipinski definition) is 2. The van der Waals surface area contributed by atoms with E-state index in [1.165, 1.54) is 0 Å². The maximum Gasteiger partial charge on any atom is 0.416 e. The third kappa shape index (κ3) is 4.05. The van der Waals surface area contributed by atoms with Crippen molar-refractivity contribution in [2.24, 2.45) is 10.4 Å². The predicted molar refractivity (Wildman–Crippen MR) is 97.3 cm³/mol. The third-order valence-corrected chi connectivity index (χ3v) is 5.44. The SMILES string of the molecule is CCCN=C(NNc1c(C)cc(C(F)(F)F)cc1C)C1(C)CC1(C)Cl. The quantitative estimate of drug-likeness (QED) is 0.310. The number of nitrogens with zero attached hydrogens (tertiary/aromatic N) is 1. The van der Waals surface area contributed by atoms with Crippen molar-refractivity contribution in [3.8, 4) is 0 Å². The lowest BCUT2D eigenvalue weighted by atomic mass is 10.0. The molecule has 0 amide bonds. The fraction of sp³-hybridized carbons (Fsp3) is 0.611. The average Bonchev–Trinajstić information content (AvgIpc) is 2.99. The molecule has 3 nitrogen and oxygen atoms in total. The van der Waals surface area contributed by atoms with E-state index in [0.717, 1.165) is 30.8 Å². The number of hydrogen-bond acceptors (Lipinski definition) is 2. The Morgan fingerprint density at radius 1 is 1.24 bits per heavy atom. The summed E-state index contributed by atoms with van der Waals surface area (Å²) in [7, 11) is 0. The zero-order valence-electron chi connectivity index (χ0n) is 15.2. The van der Waals surface area contributed by atoms with Gasteiger partial charge in [0.25, 0.3) is 0 Å². The molecular weight excluding hydrogens is 351 g/mol. The summed E-state index contributed by atoms with van der Waals surface area (Å²) in [5.74, 6) is 0.741. The van der Waals surface area contributed by atoms with Gasteiger partial charge in [-0.2, -0.15) is 13.2 Å². The van der Waals surface area contributed by atoms with Crippen LogP contribution in [0.15, 0.2) is 17.1 Å². The Hall–Kier alpha value is -1.43. The smallest absolute Gasteiger partial charge is 0.299 e. The number of halogens is 4. The van der Waals surface area contributed by atoms with Gasteiger partial charge in [0.1, 0.15) is 5.84 Å². The van der Waals surface area contributed by atoms with Gasteiger partial charge in [0.05, 0.1) is 16.1 Å². The number of rotatable bonds is 5. The molecule has 2 rings (SSSR count). The lowest BCUT2D eigenvalue weighted by Gasteiger charge is -2.22. The Morgan fingerprint density at radius 2 is 1.76 bits per heavy atom. The van der Waals surface area contributed by atoms with Crippen LogP contribution in [0, 0.1) is 19.3 Å². The third-order valence-electron chi connectivity index (χ3n) is 4.89. The van der Waals surface area contributed by atoms with Gasteiger partial charge in [-0.25, -0.2) is 0 Å². The van der Waals surface area contributed by atoms with E-state index in [1.54, 1.807) is 13.8 Å². The zero-order chi connectivity index (χ0) is 19.0. The molecule has 0 saturated heterocycles. The van der Waals surface area contributed by atoms with E-state index in [1.807, 2.05) is 20.8 Å². The highest BCUT2D eigenvalue weighted by atomic mass is 35.5. The van der Waals surface area contributed by atoms with Crippen molar-refractivity contribution in [2.75, 3.05) is 12.0 Å². The summed E-state index contributed by atoms with van der Waals surface area (Å²) >= 11 is 6.46. The summed E-state index contributed by atoms with van der Waals surface area (Å²) < 4.78 is 38.7. The Balaban J connectivity index is 2.22. The molecular formula is C18H25ClF3N3. The van der Waals surface area contributed by atoms with Crippen LogP contribution < -0.4 is 10.9 Å². The maximum absolute atomic E-state index is 12.9. The van der Waals surface area contributed by atoms with E-state index < -0.39 is 11.7 Å². The average molecular weight is 376 g/mol. The van der Waals surface area contributed by atoms with Gasteiger partial charge in [0.15, 0.2) is 0 Å². The van der Waals surface area contributed by atoms with Crippen molar-refractivity contribution in [3.63, 3.8) is 0 Å². The molecule has 0 spiro atoms. The number of amidine groups is 1. The highest BCUT2D eigenvalue weighted by Gasteiger charge is 2.63. The molecule has 1 aliphatic rings. The molecule has 2 unspecified atom stereocenters. The molecule has 140 valence electrons. The largest absolute Gasteiger partial charge is 0.416 e. The summed E-state index contributed by atoms with van der Waals surface area (Å²) in [5.41, 5.74) is 6.89. The predicted octanol–water partition coefficient (Wildman–Crippen LogP) is 5.45. The molecule has 1 fully saturated rings. The molecule has 1 aromatic carbocycles. The molecule has 1 aromatic rings. The monoisotopic (exact) mass is 375 g/mol. The molecule has 0 aromatic heterocycles. The Morgan fingerprint density at radius 3 is 2.16 bits per heavy atom. The molecule has 0 radical (unpaired) electrons. The Labute approximate surface area is 152 Å². The number of nitrogens with one attached hydrogen (secondary N) is 2. The van der Waals surface area contributed by atoms with Crippen LogP contribution in [0.3, 0.4) is 0 Å². The van der Waals surface area contributed by atoms with Crippen LogP contribution in [0.25, 0.3) is 0 Å². The molecule has 0 heterocycles. The summed E-state index contributed by atoms with van der Waals surface area (Å²) in [6.07, 6.45) is -2.65. The molecule has 1 saturated carbocycles. The van der Waals surface area contributed by atoms with Crippen molar-refractivity contribution in [1.29, 1.82) is 0 Å². The number of aliphatic imine (C=N–C) groups is 1. The van der Waals surface area contributed by atoms with Crippen molar-refractivity contribution in [3.05, 3.63) is 28.8 Å². The minimum Gasteiger partial charge on any atom is -0.299 e. The lowest BCUT2D eigenvalue weighted by Crippen LogP contribution is -2.38.